The van der Waals surface area contributed by atoms with E-state index in [4.69, 9.17) is 19.5 Å². The van der Waals surface area contributed by atoms with Gasteiger partial charge in [-0.1, -0.05) is 24.3 Å². The molecule has 1 aromatic rings. The Morgan fingerprint density at radius 3 is 2.19 bits per heavy atom. The summed E-state index contributed by atoms with van der Waals surface area (Å²) in [6.07, 6.45) is 4.10. The van der Waals surface area contributed by atoms with Crippen LogP contribution in [-0.2, 0) is 18.1 Å². The van der Waals surface area contributed by atoms with Crippen molar-refractivity contribution in [1.82, 2.24) is 0 Å². The van der Waals surface area contributed by atoms with E-state index in [9.17, 15) is 0 Å². The zero-order chi connectivity index (χ0) is 11.3. The van der Waals surface area contributed by atoms with Crippen molar-refractivity contribution in [2.24, 2.45) is 0 Å². The second kappa shape index (κ2) is 7.46. The van der Waals surface area contributed by atoms with E-state index in [1.807, 2.05) is 30.3 Å². The van der Waals surface area contributed by atoms with Crippen LogP contribution in [0.3, 0.4) is 0 Å². The van der Waals surface area contributed by atoms with Crippen molar-refractivity contribution >= 4 is 30.5 Å². The van der Waals surface area contributed by atoms with Gasteiger partial charge >= 0.3 is 57.3 Å². The van der Waals surface area contributed by atoms with Crippen LogP contribution in [-0.4, -0.2) is 45.8 Å². The number of para-hydroxylation sites is 1. The van der Waals surface area contributed by atoms with Crippen LogP contribution >= 0.6 is 0 Å². The minimum absolute atomic E-state index is 0. The predicted octanol–water partition coefficient (Wildman–Crippen LogP) is -1.32. The summed E-state index contributed by atoms with van der Waals surface area (Å²) < 4.78 is 34.8. The molecule has 0 saturated carbocycles. The van der Waals surface area contributed by atoms with Crippen molar-refractivity contribution < 1.29 is 37.6 Å². The minimum atomic E-state index is -5.00. The summed E-state index contributed by atoms with van der Waals surface area (Å²) in [7, 11) is 0. The number of fused-ring (bicyclic) bond motifs is 1. The van der Waals surface area contributed by atoms with Gasteiger partial charge in [0.1, 0.15) is 12.4 Å². The Morgan fingerprint density at radius 1 is 1.06 bits per heavy atom. The van der Waals surface area contributed by atoms with Gasteiger partial charge in [-0.25, -0.2) is 0 Å². The molecule has 1 aliphatic rings. The molecule has 0 amide bonds. The Labute approximate surface area is 116 Å². The molecule has 1 heterocycles. The maximum atomic E-state index is 7.38. The summed E-state index contributed by atoms with van der Waals surface area (Å²) in [4.78, 5) is 0. The van der Waals surface area contributed by atoms with Gasteiger partial charge in [0.25, 0.3) is 0 Å². The number of ether oxygens (including phenoxy) is 1. The predicted molar refractivity (Wildman–Crippen MR) is 59.8 cm³/mol. The fourth-order valence-electron chi connectivity index (χ4n) is 1.06. The molecule has 0 atom stereocenters. The molecule has 0 bridgehead atoms. The molecule has 0 aliphatic carbocycles. The third-order valence-corrected chi connectivity index (χ3v) is 1.55. The molecule has 90 valence electrons. The van der Waals surface area contributed by atoms with Crippen molar-refractivity contribution in [1.29, 1.82) is 0 Å². The molecule has 7 heteroatoms. The average molecular weight is 373 g/mol. The van der Waals surface area contributed by atoms with E-state index in [1.54, 1.807) is 0 Å². The zero-order valence-electron chi connectivity index (χ0n) is 8.58. The molecule has 0 radical (unpaired) electrons. The molecule has 0 spiro atoms. The van der Waals surface area contributed by atoms with Gasteiger partial charge < -0.3 is 4.74 Å². The number of rotatable bonds is 0. The molecule has 4 N–H and O–H groups in total. The van der Waals surface area contributed by atoms with Crippen molar-refractivity contribution in [2.45, 2.75) is 0 Å². The molecule has 0 aromatic heterocycles. The fourth-order valence-corrected chi connectivity index (χ4v) is 1.06. The van der Waals surface area contributed by atoms with E-state index in [2.05, 4.69) is 6.08 Å². The van der Waals surface area contributed by atoms with Crippen molar-refractivity contribution in [3.63, 3.8) is 0 Å². The molecule has 16 heavy (non-hydrogen) atoms. The summed E-state index contributed by atoms with van der Waals surface area (Å²) in [6.45, 7) is 0.705. The molecule has 0 saturated heterocycles. The first-order valence-electron chi connectivity index (χ1n) is 4.24. The topological polar surface area (TPSA) is 90.2 Å². The van der Waals surface area contributed by atoms with Gasteiger partial charge in [0.2, 0.25) is 0 Å². The van der Waals surface area contributed by atoms with Crippen molar-refractivity contribution in [3.05, 3.63) is 35.9 Å². The number of benzene rings is 1. The SMILES string of the molecule is C1=Cc2ccccc2OC1.[OH][Ti]([OH])([OH])[OH].[SbH3]. The molecular weight excluding hydrogens is 358 g/mol. The van der Waals surface area contributed by atoms with E-state index < -0.39 is 18.1 Å². The van der Waals surface area contributed by atoms with E-state index in [-0.39, 0.29) is 24.4 Å². The van der Waals surface area contributed by atoms with Gasteiger partial charge in [-0.3, -0.25) is 0 Å². The maximum absolute atomic E-state index is 7.38. The van der Waals surface area contributed by atoms with Crippen LogP contribution in [0.15, 0.2) is 30.3 Å². The molecule has 1 aromatic carbocycles. The summed E-state index contributed by atoms with van der Waals surface area (Å²) in [5.74, 6) is 0.991. The first-order valence-corrected chi connectivity index (χ1v) is 7.04. The normalized spacial score (nSPS) is 12.5. The summed E-state index contributed by atoms with van der Waals surface area (Å²) in [5, 5.41) is 0. The standard InChI is InChI=1S/C9H8O.4H2O.Sb.Ti.3H/c1-2-6-9-8(4-1)5-3-7-10-9;;;;;;;;;/h1-6H,7H2;4*1H2;;;;;/q;;;;;;+4;;;/p-4. The van der Waals surface area contributed by atoms with E-state index in [0.717, 1.165) is 5.75 Å². The third kappa shape index (κ3) is 7.41. The van der Waals surface area contributed by atoms with Gasteiger partial charge in [0.05, 0.1) is 0 Å². The molecular formula is C9H15O5SbTi. The summed E-state index contributed by atoms with van der Waals surface area (Å²) in [6, 6.07) is 8.03. The number of hydrogen-bond acceptors (Lipinski definition) is 5. The van der Waals surface area contributed by atoms with Crippen LogP contribution in [0.1, 0.15) is 5.56 Å². The second-order valence-corrected chi connectivity index (χ2v) is 4.73. The average Bonchev–Trinajstić information content (AvgIpc) is 2.16. The molecule has 5 nitrogen and oxygen atoms in total. The monoisotopic (exact) mass is 372 g/mol. The van der Waals surface area contributed by atoms with Gasteiger partial charge in [0.15, 0.2) is 0 Å². The molecule has 0 unspecified atom stereocenters. The summed E-state index contributed by atoms with van der Waals surface area (Å²) in [5.41, 5.74) is 1.17. The van der Waals surface area contributed by atoms with E-state index in [1.165, 1.54) is 5.56 Å². The Hall–Kier alpha value is 0.132. The fraction of sp³-hybridized carbons (Fsp3) is 0.111. The second-order valence-electron chi connectivity index (χ2n) is 2.85. The van der Waals surface area contributed by atoms with Crippen molar-refractivity contribution in [3.8, 4) is 5.75 Å². The first-order chi connectivity index (χ1) is 6.97. The number of hydrogen-bond donors (Lipinski definition) is 4. The third-order valence-electron chi connectivity index (χ3n) is 1.55. The Kier molecular flexibility index (Phi) is 7.52. The van der Waals surface area contributed by atoms with Gasteiger partial charge in [-0.15, -0.1) is 0 Å². The summed E-state index contributed by atoms with van der Waals surface area (Å²) >= 11 is -5.00. The Morgan fingerprint density at radius 2 is 1.62 bits per heavy atom. The molecule has 1 aliphatic heterocycles. The van der Waals surface area contributed by atoms with E-state index in [0.29, 0.717) is 6.61 Å². The van der Waals surface area contributed by atoms with Crippen LogP contribution in [0.4, 0.5) is 0 Å². The van der Waals surface area contributed by atoms with E-state index >= 15 is 0 Å². The van der Waals surface area contributed by atoms with Crippen LogP contribution in [0.25, 0.3) is 6.08 Å². The van der Waals surface area contributed by atoms with Crippen molar-refractivity contribution in [2.75, 3.05) is 6.61 Å². The van der Waals surface area contributed by atoms with Crippen LogP contribution < -0.4 is 4.74 Å². The Balaban J connectivity index is 0.000000330. The zero-order valence-corrected chi connectivity index (χ0v) is 14.2. The van der Waals surface area contributed by atoms with Crippen LogP contribution in [0.2, 0.25) is 0 Å². The van der Waals surface area contributed by atoms with Gasteiger partial charge in [-0.05, 0) is 12.1 Å². The molecule has 2 rings (SSSR count). The van der Waals surface area contributed by atoms with Crippen LogP contribution in [0, 0.1) is 0 Å². The first kappa shape index (κ1) is 16.1. The molecule has 0 fully saturated rings. The Bertz CT molecular complexity index is 344. The van der Waals surface area contributed by atoms with Gasteiger partial charge in [0, 0.05) is 5.56 Å². The van der Waals surface area contributed by atoms with Gasteiger partial charge in [-0.2, -0.15) is 0 Å². The quantitative estimate of drug-likeness (QED) is 0.424. The van der Waals surface area contributed by atoms with Crippen LogP contribution in [0.5, 0.6) is 5.75 Å².